The van der Waals surface area contributed by atoms with Gasteiger partial charge in [-0.15, -0.1) is 0 Å². The highest BCUT2D eigenvalue weighted by molar-refractivity contribution is 6.30. The molecule has 3 rings (SSSR count). The molecule has 1 aromatic carbocycles. The second-order valence-electron chi connectivity index (χ2n) is 4.93. The first kappa shape index (κ1) is 12.9. The molecule has 0 saturated carbocycles. The minimum absolute atomic E-state index is 0.0221. The topological polar surface area (TPSA) is 56.7 Å². The molecule has 0 bridgehead atoms. The Labute approximate surface area is 122 Å². The first-order valence-corrected chi connectivity index (χ1v) is 6.79. The maximum absolute atomic E-state index is 6.06. The number of hydrogen-bond donors (Lipinski definition) is 1. The Kier molecular flexibility index (Phi) is 3.10. The summed E-state index contributed by atoms with van der Waals surface area (Å²) < 4.78 is 1.93. The van der Waals surface area contributed by atoms with Crippen molar-refractivity contribution in [3.05, 3.63) is 52.7 Å². The second kappa shape index (κ2) is 4.80. The van der Waals surface area contributed by atoms with Crippen molar-refractivity contribution in [1.82, 2.24) is 14.5 Å². The first-order chi connectivity index (χ1) is 9.56. The average Bonchev–Trinajstić information content (AvgIpc) is 2.73. The molecule has 102 valence electrons. The van der Waals surface area contributed by atoms with Crippen LogP contribution in [0.25, 0.3) is 11.2 Å². The summed E-state index contributed by atoms with van der Waals surface area (Å²) in [6, 6.07) is 9.76. The molecule has 0 aliphatic heterocycles. The fourth-order valence-corrected chi connectivity index (χ4v) is 2.60. The van der Waals surface area contributed by atoms with Crippen LogP contribution in [0.1, 0.15) is 24.1 Å². The molecule has 20 heavy (non-hydrogen) atoms. The van der Waals surface area contributed by atoms with Crippen LogP contribution in [0, 0.1) is 6.92 Å². The summed E-state index contributed by atoms with van der Waals surface area (Å²) in [6.45, 7) is 4.05. The molecule has 2 N–H and O–H groups in total. The predicted octanol–water partition coefficient (Wildman–Crippen LogP) is 3.58. The van der Waals surface area contributed by atoms with Crippen LogP contribution in [0.2, 0.25) is 5.02 Å². The molecular weight excluding hydrogens is 272 g/mol. The lowest BCUT2D eigenvalue weighted by molar-refractivity contribution is 0.662. The third-order valence-corrected chi connectivity index (χ3v) is 3.65. The molecule has 1 atom stereocenters. The van der Waals surface area contributed by atoms with E-state index in [1.54, 1.807) is 0 Å². The zero-order valence-corrected chi connectivity index (χ0v) is 12.1. The van der Waals surface area contributed by atoms with Crippen LogP contribution in [0.3, 0.4) is 0 Å². The Morgan fingerprint density at radius 1 is 1.30 bits per heavy atom. The van der Waals surface area contributed by atoms with Gasteiger partial charge in [0.05, 0.1) is 6.04 Å². The number of imidazole rings is 1. The van der Waals surface area contributed by atoms with Crippen LogP contribution in [0.15, 0.2) is 36.5 Å². The Hall–Kier alpha value is -2.07. The number of rotatable bonds is 2. The lowest BCUT2D eigenvalue weighted by Crippen LogP contribution is -2.10. The van der Waals surface area contributed by atoms with E-state index in [1.807, 2.05) is 48.0 Å². The molecule has 0 fully saturated rings. The van der Waals surface area contributed by atoms with Crippen molar-refractivity contribution in [1.29, 1.82) is 0 Å². The number of aromatic nitrogens is 3. The monoisotopic (exact) mass is 286 g/mol. The summed E-state index contributed by atoms with van der Waals surface area (Å²) >= 11 is 6.06. The van der Waals surface area contributed by atoms with Crippen molar-refractivity contribution < 1.29 is 0 Å². The lowest BCUT2D eigenvalue weighted by Gasteiger charge is -2.16. The van der Waals surface area contributed by atoms with Crippen molar-refractivity contribution in [3.8, 4) is 0 Å². The quantitative estimate of drug-likeness (QED) is 0.783. The van der Waals surface area contributed by atoms with Crippen LogP contribution in [-0.2, 0) is 0 Å². The number of halogens is 1. The highest BCUT2D eigenvalue weighted by Crippen LogP contribution is 2.27. The fourth-order valence-electron chi connectivity index (χ4n) is 2.40. The van der Waals surface area contributed by atoms with Crippen LogP contribution in [0.5, 0.6) is 0 Å². The normalized spacial score (nSPS) is 12.8. The summed E-state index contributed by atoms with van der Waals surface area (Å²) in [4.78, 5) is 8.85. The summed E-state index contributed by atoms with van der Waals surface area (Å²) in [6.07, 6.45) is 1.82. The molecule has 0 radical (unpaired) electrons. The number of nitrogens with zero attached hydrogens (tertiary/aromatic N) is 3. The molecule has 0 spiro atoms. The number of benzene rings is 1. The molecule has 2 aromatic heterocycles. The van der Waals surface area contributed by atoms with Gasteiger partial charge in [-0.05, 0) is 43.2 Å². The van der Waals surface area contributed by atoms with Gasteiger partial charge in [0.25, 0.3) is 0 Å². The Bertz CT molecular complexity index is 779. The summed E-state index contributed by atoms with van der Waals surface area (Å²) in [5, 5.41) is 0.709. The molecule has 0 aliphatic carbocycles. The van der Waals surface area contributed by atoms with Crippen molar-refractivity contribution in [2.24, 2.45) is 0 Å². The highest BCUT2D eigenvalue weighted by Gasteiger charge is 2.16. The van der Waals surface area contributed by atoms with Gasteiger partial charge in [-0.1, -0.05) is 23.7 Å². The van der Waals surface area contributed by atoms with Gasteiger partial charge in [0.15, 0.2) is 5.65 Å². The van der Waals surface area contributed by atoms with Crippen molar-refractivity contribution in [3.63, 3.8) is 0 Å². The third kappa shape index (κ3) is 2.12. The number of anilines is 1. The van der Waals surface area contributed by atoms with Crippen LogP contribution in [0.4, 0.5) is 5.95 Å². The maximum atomic E-state index is 6.06. The Balaban J connectivity index is 2.16. The molecule has 5 heteroatoms. The molecular formula is C15H15ClN4. The minimum atomic E-state index is 0.0221. The number of pyridine rings is 1. The number of hydrogen-bond acceptors (Lipinski definition) is 3. The summed E-state index contributed by atoms with van der Waals surface area (Å²) in [5.41, 5.74) is 9.81. The molecule has 0 saturated heterocycles. The van der Waals surface area contributed by atoms with Crippen LogP contribution in [-0.4, -0.2) is 14.5 Å². The van der Waals surface area contributed by atoms with Crippen molar-refractivity contribution in [2.75, 3.05) is 5.73 Å². The standard InChI is InChI=1S/C15H15ClN4/c1-9-6-13-14(18-8-9)20(15(17)19-13)10(2)11-4-3-5-12(16)7-11/h3-8,10H,1-2H3,(H2,17,19). The van der Waals surface area contributed by atoms with E-state index in [-0.39, 0.29) is 6.04 Å². The predicted molar refractivity (Wildman–Crippen MR) is 81.9 cm³/mol. The van der Waals surface area contributed by atoms with Gasteiger partial charge in [0.1, 0.15) is 5.52 Å². The highest BCUT2D eigenvalue weighted by atomic mass is 35.5. The maximum Gasteiger partial charge on any atom is 0.203 e. The minimum Gasteiger partial charge on any atom is -0.369 e. The van der Waals surface area contributed by atoms with Crippen LogP contribution >= 0.6 is 11.6 Å². The van der Waals surface area contributed by atoms with E-state index in [0.717, 1.165) is 22.3 Å². The SMILES string of the molecule is Cc1cnc2c(c1)nc(N)n2C(C)c1cccc(Cl)c1. The van der Waals surface area contributed by atoms with E-state index >= 15 is 0 Å². The van der Waals surface area contributed by atoms with E-state index in [0.29, 0.717) is 11.0 Å². The van der Waals surface area contributed by atoms with Gasteiger partial charge in [-0.25, -0.2) is 9.97 Å². The van der Waals surface area contributed by atoms with Crippen LogP contribution < -0.4 is 5.73 Å². The van der Waals surface area contributed by atoms with Crippen molar-refractivity contribution >= 4 is 28.7 Å². The lowest BCUT2D eigenvalue weighted by atomic mass is 10.1. The van der Waals surface area contributed by atoms with Gasteiger partial charge in [-0.2, -0.15) is 0 Å². The van der Waals surface area contributed by atoms with Gasteiger partial charge in [-0.3, -0.25) is 4.57 Å². The summed E-state index contributed by atoms with van der Waals surface area (Å²) in [7, 11) is 0. The first-order valence-electron chi connectivity index (χ1n) is 6.42. The van der Waals surface area contributed by atoms with Crippen molar-refractivity contribution in [2.45, 2.75) is 19.9 Å². The zero-order chi connectivity index (χ0) is 14.3. The van der Waals surface area contributed by atoms with E-state index in [4.69, 9.17) is 17.3 Å². The number of nitrogen functional groups attached to an aromatic ring is 1. The van der Waals surface area contributed by atoms with Gasteiger partial charge < -0.3 is 5.73 Å². The number of aryl methyl sites for hydroxylation is 1. The molecule has 3 aromatic rings. The largest absolute Gasteiger partial charge is 0.369 e. The van der Waals surface area contributed by atoms with E-state index in [9.17, 15) is 0 Å². The summed E-state index contributed by atoms with van der Waals surface area (Å²) in [5.74, 6) is 0.463. The van der Waals surface area contributed by atoms with Gasteiger partial charge >= 0.3 is 0 Å². The number of nitrogens with two attached hydrogens (primary N) is 1. The second-order valence-corrected chi connectivity index (χ2v) is 5.36. The van der Waals surface area contributed by atoms with Gasteiger partial charge in [0, 0.05) is 11.2 Å². The smallest absolute Gasteiger partial charge is 0.203 e. The molecule has 0 aliphatic rings. The van der Waals surface area contributed by atoms with Gasteiger partial charge in [0.2, 0.25) is 5.95 Å². The Morgan fingerprint density at radius 2 is 2.10 bits per heavy atom. The third-order valence-electron chi connectivity index (χ3n) is 3.41. The molecule has 0 amide bonds. The molecule has 2 heterocycles. The molecule has 1 unspecified atom stereocenters. The molecule has 4 nitrogen and oxygen atoms in total. The zero-order valence-electron chi connectivity index (χ0n) is 11.3. The average molecular weight is 287 g/mol. The fraction of sp³-hybridized carbons (Fsp3) is 0.200. The number of fused-ring (bicyclic) bond motifs is 1. The van der Waals surface area contributed by atoms with E-state index < -0.39 is 0 Å². The van der Waals surface area contributed by atoms with E-state index in [2.05, 4.69) is 16.9 Å². The van der Waals surface area contributed by atoms with E-state index in [1.165, 1.54) is 0 Å². The Morgan fingerprint density at radius 3 is 2.85 bits per heavy atom.